The highest BCUT2D eigenvalue weighted by Gasteiger charge is 2.05. The topological polar surface area (TPSA) is 41.9 Å². The van der Waals surface area contributed by atoms with Gasteiger partial charge in [0, 0.05) is 19.7 Å². The summed E-state index contributed by atoms with van der Waals surface area (Å²) in [5.74, 6) is 6.29. The summed E-state index contributed by atoms with van der Waals surface area (Å²) in [6.45, 7) is 5.04. The van der Waals surface area contributed by atoms with E-state index in [0.29, 0.717) is 0 Å². The minimum atomic E-state index is -0.151. The van der Waals surface area contributed by atoms with Gasteiger partial charge in [-0.25, -0.2) is 0 Å². The van der Waals surface area contributed by atoms with Crippen LogP contribution in [0.2, 0.25) is 0 Å². The van der Waals surface area contributed by atoms with E-state index < -0.39 is 0 Å². The molecule has 0 unspecified atom stereocenters. The minimum absolute atomic E-state index is 0.151. The zero-order valence-corrected chi connectivity index (χ0v) is 12.5. The summed E-state index contributed by atoms with van der Waals surface area (Å²) in [5, 5.41) is 8.79. The Balaban J connectivity index is 2.71. The SMILES string of the molecule is CCOCCN(C)Cc1ccc(OC)c(C#CCO)c1. The van der Waals surface area contributed by atoms with Gasteiger partial charge >= 0.3 is 0 Å². The van der Waals surface area contributed by atoms with Crippen molar-refractivity contribution >= 4 is 0 Å². The Morgan fingerprint density at radius 2 is 2.15 bits per heavy atom. The highest BCUT2D eigenvalue weighted by molar-refractivity contribution is 5.48. The van der Waals surface area contributed by atoms with E-state index >= 15 is 0 Å². The smallest absolute Gasteiger partial charge is 0.134 e. The van der Waals surface area contributed by atoms with Gasteiger partial charge in [0.1, 0.15) is 12.4 Å². The molecule has 0 heterocycles. The lowest BCUT2D eigenvalue weighted by Gasteiger charge is -2.17. The lowest BCUT2D eigenvalue weighted by Crippen LogP contribution is -2.22. The normalized spacial score (nSPS) is 10.2. The van der Waals surface area contributed by atoms with Crippen molar-refractivity contribution in [3.05, 3.63) is 29.3 Å². The van der Waals surface area contributed by atoms with Crippen molar-refractivity contribution in [3.8, 4) is 17.6 Å². The van der Waals surface area contributed by atoms with Gasteiger partial charge in [-0.15, -0.1) is 0 Å². The van der Waals surface area contributed by atoms with Crippen LogP contribution < -0.4 is 4.74 Å². The highest BCUT2D eigenvalue weighted by Crippen LogP contribution is 2.19. The molecular formula is C16H23NO3. The van der Waals surface area contributed by atoms with Crippen LogP contribution in [0.4, 0.5) is 0 Å². The first-order valence-corrected chi connectivity index (χ1v) is 6.74. The van der Waals surface area contributed by atoms with E-state index in [1.807, 2.05) is 25.1 Å². The van der Waals surface area contributed by atoms with Gasteiger partial charge in [-0.1, -0.05) is 17.9 Å². The second-order valence-electron chi connectivity index (χ2n) is 4.43. The van der Waals surface area contributed by atoms with Gasteiger partial charge in [-0.05, 0) is 31.7 Å². The molecule has 0 bridgehead atoms. The van der Waals surface area contributed by atoms with Crippen molar-refractivity contribution in [2.24, 2.45) is 0 Å². The second-order valence-corrected chi connectivity index (χ2v) is 4.43. The molecule has 0 radical (unpaired) electrons. The molecule has 0 fully saturated rings. The second kappa shape index (κ2) is 9.38. The average molecular weight is 277 g/mol. The van der Waals surface area contributed by atoms with E-state index in [1.165, 1.54) is 0 Å². The van der Waals surface area contributed by atoms with Crippen molar-refractivity contribution in [3.63, 3.8) is 0 Å². The Bertz CT molecular complexity index is 463. The first-order valence-electron chi connectivity index (χ1n) is 6.74. The number of rotatable bonds is 7. The Hall–Kier alpha value is -1.54. The predicted molar refractivity (Wildman–Crippen MR) is 79.8 cm³/mol. The van der Waals surface area contributed by atoms with Crippen molar-refractivity contribution in [2.75, 3.05) is 40.5 Å². The van der Waals surface area contributed by atoms with Crippen LogP contribution in [-0.4, -0.2) is 50.5 Å². The van der Waals surface area contributed by atoms with Gasteiger partial charge in [0.25, 0.3) is 0 Å². The third-order valence-electron chi connectivity index (χ3n) is 2.84. The van der Waals surface area contributed by atoms with Gasteiger partial charge in [-0.2, -0.15) is 0 Å². The predicted octanol–water partition coefficient (Wildman–Crippen LogP) is 1.51. The standard InChI is InChI=1S/C16H23NO3/c1-4-20-11-9-17(2)13-14-7-8-16(19-3)15(12-14)6-5-10-18/h7-8,12,18H,4,9-11,13H2,1-3H3. The number of aliphatic hydroxyl groups is 1. The van der Waals surface area contributed by atoms with Crippen LogP contribution in [-0.2, 0) is 11.3 Å². The van der Waals surface area contributed by atoms with Crippen LogP contribution in [0, 0.1) is 11.8 Å². The molecule has 0 aliphatic carbocycles. The number of ether oxygens (including phenoxy) is 2. The zero-order chi connectivity index (χ0) is 14.8. The number of hydrogen-bond donors (Lipinski definition) is 1. The lowest BCUT2D eigenvalue weighted by molar-refractivity contribution is 0.120. The molecular weight excluding hydrogens is 254 g/mol. The first kappa shape index (κ1) is 16.5. The molecule has 0 aromatic heterocycles. The van der Waals surface area contributed by atoms with Gasteiger partial charge in [0.2, 0.25) is 0 Å². The molecule has 1 rings (SSSR count). The molecule has 20 heavy (non-hydrogen) atoms. The Labute approximate surface area is 121 Å². The minimum Gasteiger partial charge on any atom is -0.495 e. The molecule has 0 aliphatic rings. The quantitative estimate of drug-likeness (QED) is 0.606. The van der Waals surface area contributed by atoms with E-state index in [4.69, 9.17) is 14.6 Å². The highest BCUT2D eigenvalue weighted by atomic mass is 16.5. The molecule has 1 aromatic carbocycles. The number of aliphatic hydroxyl groups excluding tert-OH is 1. The maximum absolute atomic E-state index is 8.79. The monoisotopic (exact) mass is 277 g/mol. The van der Waals surface area contributed by atoms with E-state index in [0.717, 1.165) is 43.2 Å². The molecule has 0 amide bonds. The Morgan fingerprint density at radius 1 is 1.35 bits per heavy atom. The Morgan fingerprint density at radius 3 is 2.80 bits per heavy atom. The molecule has 0 saturated carbocycles. The number of hydrogen-bond acceptors (Lipinski definition) is 4. The molecule has 0 saturated heterocycles. The molecule has 0 spiro atoms. The molecule has 1 N–H and O–H groups in total. The Kier molecular flexibility index (Phi) is 7.74. The molecule has 1 aromatic rings. The summed E-state index contributed by atoms with van der Waals surface area (Å²) in [5.41, 5.74) is 1.96. The third-order valence-corrected chi connectivity index (χ3v) is 2.84. The molecule has 4 nitrogen and oxygen atoms in total. The van der Waals surface area contributed by atoms with Crippen LogP contribution >= 0.6 is 0 Å². The third kappa shape index (κ3) is 5.62. The zero-order valence-electron chi connectivity index (χ0n) is 12.5. The van der Waals surface area contributed by atoms with Crippen molar-refractivity contribution in [2.45, 2.75) is 13.5 Å². The summed E-state index contributed by atoms with van der Waals surface area (Å²) in [7, 11) is 3.68. The summed E-state index contributed by atoms with van der Waals surface area (Å²) >= 11 is 0. The van der Waals surface area contributed by atoms with Crippen molar-refractivity contribution in [1.29, 1.82) is 0 Å². The van der Waals surface area contributed by atoms with Gasteiger partial charge in [0.05, 0.1) is 19.3 Å². The molecule has 4 heteroatoms. The van der Waals surface area contributed by atoms with Crippen molar-refractivity contribution in [1.82, 2.24) is 4.90 Å². The van der Waals surface area contributed by atoms with E-state index in [9.17, 15) is 0 Å². The van der Waals surface area contributed by atoms with E-state index in [1.54, 1.807) is 7.11 Å². The maximum atomic E-state index is 8.79. The van der Waals surface area contributed by atoms with Crippen LogP contribution in [0.15, 0.2) is 18.2 Å². The fourth-order valence-electron chi connectivity index (χ4n) is 1.84. The molecule has 110 valence electrons. The fourth-order valence-corrected chi connectivity index (χ4v) is 1.84. The molecule has 0 aliphatic heterocycles. The average Bonchev–Trinajstić information content (AvgIpc) is 2.45. The van der Waals surface area contributed by atoms with Gasteiger partial charge < -0.3 is 14.6 Å². The molecule has 0 atom stereocenters. The summed E-state index contributed by atoms with van der Waals surface area (Å²) in [6.07, 6.45) is 0. The van der Waals surface area contributed by atoms with Gasteiger partial charge in [-0.3, -0.25) is 4.90 Å². The maximum Gasteiger partial charge on any atom is 0.134 e. The number of benzene rings is 1. The van der Waals surface area contributed by atoms with E-state index in [-0.39, 0.29) is 6.61 Å². The van der Waals surface area contributed by atoms with Crippen LogP contribution in [0.25, 0.3) is 0 Å². The largest absolute Gasteiger partial charge is 0.495 e. The number of methoxy groups -OCH3 is 1. The van der Waals surface area contributed by atoms with Gasteiger partial charge in [0.15, 0.2) is 0 Å². The fraction of sp³-hybridized carbons (Fsp3) is 0.500. The first-order chi connectivity index (χ1) is 9.71. The summed E-state index contributed by atoms with van der Waals surface area (Å²) < 4.78 is 10.6. The van der Waals surface area contributed by atoms with Crippen LogP contribution in [0.5, 0.6) is 5.75 Å². The number of likely N-dealkylation sites (N-methyl/N-ethyl adjacent to an activating group) is 1. The van der Waals surface area contributed by atoms with Crippen molar-refractivity contribution < 1.29 is 14.6 Å². The summed E-state index contributed by atoms with van der Waals surface area (Å²) in [4.78, 5) is 2.20. The summed E-state index contributed by atoms with van der Waals surface area (Å²) in [6, 6.07) is 5.94. The van der Waals surface area contributed by atoms with Crippen LogP contribution in [0.3, 0.4) is 0 Å². The lowest BCUT2D eigenvalue weighted by atomic mass is 10.1. The van der Waals surface area contributed by atoms with E-state index in [2.05, 4.69) is 23.8 Å². The van der Waals surface area contributed by atoms with Crippen LogP contribution in [0.1, 0.15) is 18.1 Å². The number of nitrogens with zero attached hydrogens (tertiary/aromatic N) is 1.